The fraction of sp³-hybridized carbons (Fsp3) is 0.273. The maximum absolute atomic E-state index is 10.8. The monoisotopic (exact) mass is 238 g/mol. The Kier molecular flexibility index (Phi) is 4.62. The highest BCUT2D eigenvalue weighted by Gasteiger charge is 1.97. The molecule has 84 valence electrons. The second kappa shape index (κ2) is 5.99. The Morgan fingerprint density at radius 2 is 2.38 bits per heavy atom. The van der Waals surface area contributed by atoms with Crippen molar-refractivity contribution in [2.75, 3.05) is 14.2 Å². The summed E-state index contributed by atoms with van der Waals surface area (Å²) in [5.74, 6) is 1.78. The molecule has 0 amide bonds. The van der Waals surface area contributed by atoms with Gasteiger partial charge in [0.05, 0.1) is 13.7 Å². The lowest BCUT2D eigenvalue weighted by atomic mass is 10.3. The zero-order valence-corrected chi connectivity index (χ0v) is 9.78. The molecule has 0 atom stereocenters. The number of carbonyl (C=O) groups excluding carboxylic acids is 1. The fourth-order valence-corrected chi connectivity index (χ4v) is 1.12. The van der Waals surface area contributed by atoms with Crippen LogP contribution in [-0.2, 0) is 16.1 Å². The van der Waals surface area contributed by atoms with Crippen molar-refractivity contribution in [2.24, 2.45) is 0 Å². The molecule has 0 bridgehead atoms. The molecule has 0 spiro atoms. The van der Waals surface area contributed by atoms with Crippen LogP contribution < -0.4 is 0 Å². The van der Waals surface area contributed by atoms with Crippen LogP contribution in [0.4, 0.5) is 0 Å². The first-order chi connectivity index (χ1) is 7.61. The Bertz CT molecular complexity index is 420. The summed E-state index contributed by atoms with van der Waals surface area (Å²) in [6.45, 7) is 0.564. The number of methoxy groups -OCH3 is 1. The predicted molar refractivity (Wildman–Crippen MR) is 60.5 cm³/mol. The highest BCUT2D eigenvalue weighted by Crippen LogP contribution is 2.06. The van der Waals surface area contributed by atoms with E-state index >= 15 is 0 Å². The maximum Gasteiger partial charge on any atom is 0.385 e. The van der Waals surface area contributed by atoms with Gasteiger partial charge in [-0.1, -0.05) is 17.7 Å². The molecule has 0 saturated heterocycles. The zero-order chi connectivity index (χ0) is 12.0. The van der Waals surface area contributed by atoms with Gasteiger partial charge in [-0.2, -0.15) is 0 Å². The van der Waals surface area contributed by atoms with Crippen molar-refractivity contribution in [3.8, 4) is 12.0 Å². The molecule has 0 aliphatic carbocycles. The molecule has 1 heterocycles. The first-order valence-electron chi connectivity index (χ1n) is 4.53. The third-order valence-electron chi connectivity index (χ3n) is 1.74. The molecule has 0 saturated carbocycles. The minimum atomic E-state index is -0.555. The van der Waals surface area contributed by atoms with Crippen molar-refractivity contribution in [1.29, 1.82) is 0 Å². The van der Waals surface area contributed by atoms with Crippen LogP contribution in [0.25, 0.3) is 0 Å². The van der Waals surface area contributed by atoms with E-state index < -0.39 is 5.97 Å². The van der Waals surface area contributed by atoms with Gasteiger partial charge in [0, 0.05) is 25.2 Å². The largest absolute Gasteiger partial charge is 0.459 e. The van der Waals surface area contributed by atoms with Crippen molar-refractivity contribution in [2.45, 2.75) is 6.54 Å². The summed E-state index contributed by atoms with van der Waals surface area (Å²) in [4.78, 5) is 16.4. The highest BCUT2D eigenvalue weighted by atomic mass is 35.5. The normalized spacial score (nSPS) is 8.94. The van der Waals surface area contributed by atoms with Gasteiger partial charge >= 0.3 is 5.97 Å². The Hall–Kier alpha value is -1.73. The van der Waals surface area contributed by atoms with Crippen LogP contribution >= 0.6 is 11.6 Å². The molecule has 1 aromatic rings. The Balaban J connectivity index is 2.56. The number of esters is 1. The van der Waals surface area contributed by atoms with Gasteiger partial charge in [0.15, 0.2) is 0 Å². The molecule has 5 heteroatoms. The van der Waals surface area contributed by atoms with E-state index in [0.717, 1.165) is 5.56 Å². The van der Waals surface area contributed by atoms with Crippen LogP contribution in [0.2, 0.25) is 5.15 Å². The van der Waals surface area contributed by atoms with E-state index in [0.29, 0.717) is 11.7 Å². The van der Waals surface area contributed by atoms with Crippen molar-refractivity contribution in [3.63, 3.8) is 0 Å². The molecule has 0 aromatic carbocycles. The molecular formula is C11H11ClN2O2. The summed E-state index contributed by atoms with van der Waals surface area (Å²) < 4.78 is 4.40. The number of nitrogens with zero attached hydrogens (tertiary/aromatic N) is 2. The lowest BCUT2D eigenvalue weighted by Crippen LogP contribution is -2.11. The van der Waals surface area contributed by atoms with E-state index in [1.165, 1.54) is 7.11 Å². The molecule has 0 fully saturated rings. The van der Waals surface area contributed by atoms with E-state index in [-0.39, 0.29) is 0 Å². The number of halogens is 1. The number of rotatable bonds is 2. The van der Waals surface area contributed by atoms with Gasteiger partial charge in [0.25, 0.3) is 0 Å². The molecule has 0 N–H and O–H groups in total. The van der Waals surface area contributed by atoms with Crippen molar-refractivity contribution in [1.82, 2.24) is 9.88 Å². The molecule has 4 nitrogen and oxygen atoms in total. The van der Waals surface area contributed by atoms with Gasteiger partial charge in [-0.15, -0.1) is 0 Å². The van der Waals surface area contributed by atoms with Gasteiger partial charge in [0.1, 0.15) is 5.15 Å². The first kappa shape index (κ1) is 12.3. The van der Waals surface area contributed by atoms with E-state index in [9.17, 15) is 4.79 Å². The van der Waals surface area contributed by atoms with Crippen LogP contribution in [0.3, 0.4) is 0 Å². The topological polar surface area (TPSA) is 42.4 Å². The summed E-state index contributed by atoms with van der Waals surface area (Å²) >= 11 is 5.66. The molecule has 0 radical (unpaired) electrons. The number of aromatic nitrogens is 1. The first-order valence-corrected chi connectivity index (χ1v) is 4.91. The van der Waals surface area contributed by atoms with Gasteiger partial charge in [-0.25, -0.2) is 9.78 Å². The average Bonchev–Trinajstić information content (AvgIpc) is 2.29. The highest BCUT2D eigenvalue weighted by molar-refractivity contribution is 6.29. The minimum Gasteiger partial charge on any atom is -0.459 e. The summed E-state index contributed by atoms with van der Waals surface area (Å²) in [6, 6.07) is 6.20. The van der Waals surface area contributed by atoms with Gasteiger partial charge < -0.3 is 9.64 Å². The smallest absolute Gasteiger partial charge is 0.385 e. The predicted octanol–water partition coefficient (Wildman–Crippen LogP) is 1.30. The zero-order valence-electron chi connectivity index (χ0n) is 9.03. The second-order valence-corrected chi connectivity index (χ2v) is 3.46. The minimum absolute atomic E-state index is 0.451. The van der Waals surface area contributed by atoms with Crippen molar-refractivity contribution in [3.05, 3.63) is 29.0 Å². The lowest BCUT2D eigenvalue weighted by molar-refractivity contribution is -0.133. The number of hydrogen-bond donors (Lipinski definition) is 0. The standard InChI is InChI=1S/C11H11ClN2O2/c1-14(6-5-11(15)16-2)8-9-3-4-10(12)13-7-9/h3-4,7H,8H2,1-2H3. The summed E-state index contributed by atoms with van der Waals surface area (Å²) in [6.07, 6.45) is 1.67. The number of carbonyl (C=O) groups is 1. The van der Waals surface area contributed by atoms with Crippen LogP contribution in [0.15, 0.2) is 18.3 Å². The van der Waals surface area contributed by atoms with E-state index in [2.05, 4.69) is 21.7 Å². The number of pyridine rings is 1. The quantitative estimate of drug-likeness (QED) is 0.337. The molecule has 0 aliphatic heterocycles. The van der Waals surface area contributed by atoms with E-state index in [1.807, 2.05) is 6.07 Å². The molecule has 1 rings (SSSR count). The third-order valence-corrected chi connectivity index (χ3v) is 1.97. The van der Waals surface area contributed by atoms with E-state index in [4.69, 9.17) is 11.6 Å². The Labute approximate surface area is 99.2 Å². The molecule has 16 heavy (non-hydrogen) atoms. The lowest BCUT2D eigenvalue weighted by Gasteiger charge is -2.09. The number of hydrogen-bond acceptors (Lipinski definition) is 4. The van der Waals surface area contributed by atoms with Crippen LogP contribution in [0.5, 0.6) is 0 Å². The van der Waals surface area contributed by atoms with Crippen molar-refractivity contribution >= 4 is 17.6 Å². The summed E-state index contributed by atoms with van der Waals surface area (Å²) in [5, 5.41) is 0.451. The second-order valence-electron chi connectivity index (χ2n) is 3.07. The van der Waals surface area contributed by atoms with Gasteiger partial charge in [-0.3, -0.25) is 0 Å². The molecule has 0 unspecified atom stereocenters. The summed E-state index contributed by atoms with van der Waals surface area (Å²) in [7, 11) is 3.06. The maximum atomic E-state index is 10.8. The summed E-state index contributed by atoms with van der Waals surface area (Å²) in [5.41, 5.74) is 0.964. The SMILES string of the molecule is COC(=O)C#CN(C)Cc1ccc(Cl)nc1. The average molecular weight is 239 g/mol. The molecule has 0 aliphatic rings. The van der Waals surface area contributed by atoms with Gasteiger partial charge in [0.2, 0.25) is 0 Å². The van der Waals surface area contributed by atoms with E-state index in [1.54, 1.807) is 24.2 Å². The Morgan fingerprint density at radius 1 is 1.62 bits per heavy atom. The fourth-order valence-electron chi connectivity index (χ4n) is 1.01. The van der Waals surface area contributed by atoms with Crippen LogP contribution in [0.1, 0.15) is 5.56 Å². The van der Waals surface area contributed by atoms with Crippen molar-refractivity contribution < 1.29 is 9.53 Å². The number of ether oxygens (including phenoxy) is 1. The van der Waals surface area contributed by atoms with Crippen LogP contribution in [0, 0.1) is 12.0 Å². The Morgan fingerprint density at radius 3 is 2.94 bits per heavy atom. The van der Waals surface area contributed by atoms with Crippen LogP contribution in [-0.4, -0.2) is 30.0 Å². The molecular weight excluding hydrogens is 228 g/mol. The molecule has 1 aromatic heterocycles. The third kappa shape index (κ3) is 4.20. The van der Waals surface area contributed by atoms with Gasteiger partial charge in [-0.05, 0) is 11.6 Å².